The summed E-state index contributed by atoms with van der Waals surface area (Å²) in [5, 5.41) is 6.07. The number of fused-ring (bicyclic) bond motifs is 1. The second-order valence-corrected chi connectivity index (χ2v) is 9.20. The molecule has 0 bridgehead atoms. The molecule has 0 unspecified atom stereocenters. The van der Waals surface area contributed by atoms with E-state index >= 15 is 0 Å². The van der Waals surface area contributed by atoms with Gasteiger partial charge in [-0.2, -0.15) is 0 Å². The van der Waals surface area contributed by atoms with Gasteiger partial charge in [0.05, 0.1) is 11.3 Å². The molecule has 0 spiro atoms. The number of para-hydroxylation sites is 1. The molecule has 4 rings (SSSR count). The number of anilines is 1. The average Bonchev–Trinajstić information content (AvgIpc) is 3.27. The monoisotopic (exact) mass is 412 g/mol. The van der Waals surface area contributed by atoms with Gasteiger partial charge in [0.15, 0.2) is 20.7 Å². The summed E-state index contributed by atoms with van der Waals surface area (Å²) in [6.45, 7) is 0. The van der Waals surface area contributed by atoms with Crippen LogP contribution in [0.1, 0.15) is 5.56 Å². The first kappa shape index (κ1) is 18.4. The molecule has 6 nitrogen and oxygen atoms in total. The van der Waals surface area contributed by atoms with Crippen LogP contribution in [0.3, 0.4) is 0 Å². The van der Waals surface area contributed by atoms with Crippen LogP contribution in [-0.4, -0.2) is 25.6 Å². The first-order valence-electron chi connectivity index (χ1n) is 8.42. The zero-order chi connectivity index (χ0) is 19.7. The minimum absolute atomic E-state index is 0.129. The molecule has 2 aromatic carbocycles. The molecule has 0 radical (unpaired) electrons. The summed E-state index contributed by atoms with van der Waals surface area (Å²) in [6, 6.07) is 15.9. The van der Waals surface area contributed by atoms with Gasteiger partial charge in [-0.15, -0.1) is 11.3 Å². The van der Waals surface area contributed by atoms with Gasteiger partial charge in [0.1, 0.15) is 11.3 Å². The van der Waals surface area contributed by atoms with Crippen molar-refractivity contribution in [3.63, 3.8) is 0 Å². The van der Waals surface area contributed by atoms with Crippen LogP contribution in [0.2, 0.25) is 0 Å². The van der Waals surface area contributed by atoms with Crippen LogP contribution in [0.15, 0.2) is 69.3 Å². The van der Waals surface area contributed by atoms with E-state index in [2.05, 4.69) is 10.3 Å². The summed E-state index contributed by atoms with van der Waals surface area (Å²) in [4.78, 5) is 16.9. The summed E-state index contributed by atoms with van der Waals surface area (Å²) in [5.74, 6) is 0.423. The molecule has 0 aliphatic heterocycles. The lowest BCUT2D eigenvalue weighted by atomic mass is 10.1. The highest BCUT2D eigenvalue weighted by atomic mass is 32.2. The Hall–Kier alpha value is -2.97. The van der Waals surface area contributed by atoms with Gasteiger partial charge in [0, 0.05) is 17.0 Å². The fraction of sp³-hybridized carbons (Fsp3) is 0.100. The third kappa shape index (κ3) is 3.97. The van der Waals surface area contributed by atoms with Crippen LogP contribution in [0, 0.1) is 0 Å². The number of carbonyl (C=O) groups excluding carboxylic acids is 1. The van der Waals surface area contributed by atoms with Crippen molar-refractivity contribution in [1.29, 1.82) is 0 Å². The van der Waals surface area contributed by atoms with Gasteiger partial charge in [-0.05, 0) is 29.8 Å². The lowest BCUT2D eigenvalue weighted by molar-refractivity contribution is -0.115. The maximum absolute atomic E-state index is 12.3. The predicted molar refractivity (Wildman–Crippen MR) is 109 cm³/mol. The van der Waals surface area contributed by atoms with Gasteiger partial charge in [-0.25, -0.2) is 13.4 Å². The molecule has 0 saturated heterocycles. The van der Waals surface area contributed by atoms with Crippen molar-refractivity contribution < 1.29 is 17.6 Å². The molecule has 0 aliphatic rings. The highest BCUT2D eigenvalue weighted by Crippen LogP contribution is 2.30. The number of thiazole rings is 1. The maximum atomic E-state index is 12.3. The van der Waals surface area contributed by atoms with Crippen molar-refractivity contribution >= 4 is 43.2 Å². The van der Waals surface area contributed by atoms with Crippen molar-refractivity contribution in [3.05, 3.63) is 65.5 Å². The topological polar surface area (TPSA) is 89.3 Å². The second kappa shape index (κ2) is 7.21. The number of rotatable bonds is 5. The fourth-order valence-corrected chi connectivity index (χ4v) is 4.10. The van der Waals surface area contributed by atoms with E-state index in [1.54, 1.807) is 12.1 Å². The van der Waals surface area contributed by atoms with Gasteiger partial charge < -0.3 is 9.73 Å². The summed E-state index contributed by atoms with van der Waals surface area (Å²) >= 11 is 1.32. The first-order chi connectivity index (χ1) is 13.4. The molecule has 8 heteroatoms. The number of aromatic nitrogens is 1. The lowest BCUT2D eigenvalue weighted by Gasteiger charge is -2.03. The Bertz CT molecular complexity index is 1220. The Balaban J connectivity index is 1.44. The van der Waals surface area contributed by atoms with E-state index in [0.29, 0.717) is 16.6 Å². The molecule has 4 aromatic rings. The molecule has 0 atom stereocenters. The molecule has 0 fully saturated rings. The van der Waals surface area contributed by atoms with Gasteiger partial charge in [-0.1, -0.05) is 30.3 Å². The Morgan fingerprint density at radius 1 is 1.14 bits per heavy atom. The second-order valence-electron chi connectivity index (χ2n) is 6.33. The quantitative estimate of drug-likeness (QED) is 0.532. The van der Waals surface area contributed by atoms with E-state index in [1.807, 2.05) is 35.7 Å². The Morgan fingerprint density at radius 2 is 1.89 bits per heavy atom. The zero-order valence-corrected chi connectivity index (χ0v) is 16.5. The highest BCUT2D eigenvalue weighted by molar-refractivity contribution is 7.90. The lowest BCUT2D eigenvalue weighted by Crippen LogP contribution is -2.14. The highest BCUT2D eigenvalue weighted by Gasteiger charge is 2.13. The summed E-state index contributed by atoms with van der Waals surface area (Å²) in [5.41, 5.74) is 2.17. The van der Waals surface area contributed by atoms with Crippen LogP contribution < -0.4 is 5.32 Å². The molecule has 1 amide bonds. The molecule has 2 aromatic heterocycles. The van der Waals surface area contributed by atoms with Crippen molar-refractivity contribution in [1.82, 2.24) is 4.98 Å². The molecule has 0 aliphatic carbocycles. The largest absolute Gasteiger partial charge is 0.454 e. The number of benzene rings is 2. The van der Waals surface area contributed by atoms with Crippen molar-refractivity contribution in [2.45, 2.75) is 11.3 Å². The SMILES string of the molecule is CS(=O)(=O)c1ccc(CC(=O)Nc2nc(-c3cc4ccccc4o3)cs2)cc1. The van der Waals surface area contributed by atoms with E-state index in [4.69, 9.17) is 4.42 Å². The molecule has 0 saturated carbocycles. The van der Waals surface area contributed by atoms with E-state index in [9.17, 15) is 13.2 Å². The van der Waals surface area contributed by atoms with Crippen molar-refractivity contribution in [2.24, 2.45) is 0 Å². The normalized spacial score (nSPS) is 11.6. The molecule has 28 heavy (non-hydrogen) atoms. The number of carbonyl (C=O) groups is 1. The van der Waals surface area contributed by atoms with Crippen LogP contribution in [-0.2, 0) is 21.1 Å². The third-order valence-corrected chi connectivity index (χ3v) is 6.03. The summed E-state index contributed by atoms with van der Waals surface area (Å²) in [7, 11) is -3.25. The number of sulfone groups is 1. The van der Waals surface area contributed by atoms with Crippen LogP contribution in [0.5, 0.6) is 0 Å². The van der Waals surface area contributed by atoms with E-state index in [0.717, 1.165) is 22.8 Å². The zero-order valence-electron chi connectivity index (χ0n) is 14.9. The predicted octanol–water partition coefficient (Wildman–Crippen LogP) is 4.14. The van der Waals surface area contributed by atoms with Crippen molar-refractivity contribution in [3.8, 4) is 11.5 Å². The standard InChI is InChI=1S/C20H16N2O4S2/c1-28(24,25)15-8-6-13(7-9-15)10-19(23)22-20-21-16(12-27-20)18-11-14-4-2-3-5-17(14)26-18/h2-9,11-12H,10H2,1H3,(H,21,22,23). The van der Waals surface area contributed by atoms with E-state index in [-0.39, 0.29) is 17.2 Å². The van der Waals surface area contributed by atoms with E-state index < -0.39 is 9.84 Å². The number of hydrogen-bond acceptors (Lipinski definition) is 6. The molecular weight excluding hydrogens is 396 g/mol. The van der Waals surface area contributed by atoms with Gasteiger partial charge in [0.25, 0.3) is 0 Å². The number of nitrogens with zero attached hydrogens (tertiary/aromatic N) is 1. The Morgan fingerprint density at radius 3 is 2.61 bits per heavy atom. The summed E-state index contributed by atoms with van der Waals surface area (Å²) in [6.07, 6.45) is 1.28. The average molecular weight is 412 g/mol. The smallest absolute Gasteiger partial charge is 0.230 e. The maximum Gasteiger partial charge on any atom is 0.230 e. The van der Waals surface area contributed by atoms with E-state index in [1.165, 1.54) is 23.5 Å². The van der Waals surface area contributed by atoms with Gasteiger partial charge >= 0.3 is 0 Å². The van der Waals surface area contributed by atoms with Crippen LogP contribution >= 0.6 is 11.3 Å². The Labute approximate surface area is 165 Å². The number of amides is 1. The van der Waals surface area contributed by atoms with Crippen LogP contribution in [0.4, 0.5) is 5.13 Å². The Kier molecular flexibility index (Phi) is 4.74. The van der Waals surface area contributed by atoms with Gasteiger partial charge in [-0.3, -0.25) is 4.79 Å². The first-order valence-corrected chi connectivity index (χ1v) is 11.2. The molecular formula is C20H16N2O4S2. The molecule has 142 valence electrons. The van der Waals surface area contributed by atoms with Crippen molar-refractivity contribution in [2.75, 3.05) is 11.6 Å². The number of hydrogen-bond donors (Lipinski definition) is 1. The molecule has 1 N–H and O–H groups in total. The van der Waals surface area contributed by atoms with Gasteiger partial charge in [0.2, 0.25) is 5.91 Å². The minimum Gasteiger partial charge on any atom is -0.454 e. The minimum atomic E-state index is -3.25. The van der Waals surface area contributed by atoms with Crippen LogP contribution in [0.25, 0.3) is 22.4 Å². The third-order valence-electron chi connectivity index (χ3n) is 4.14. The molecule has 2 heterocycles. The number of nitrogens with one attached hydrogen (secondary N) is 1. The number of furan rings is 1. The fourth-order valence-electron chi connectivity index (χ4n) is 2.76. The summed E-state index contributed by atoms with van der Waals surface area (Å²) < 4.78 is 28.8.